The molecule has 2 aliphatic carbocycles. The molecule has 0 aromatic carbocycles. The molecule has 0 spiro atoms. The molecular weight excluding hydrogens is 245 g/mol. The van der Waals surface area contributed by atoms with Crippen molar-refractivity contribution in [3.63, 3.8) is 0 Å². The molecule has 2 rings (SSSR count). The lowest BCUT2D eigenvalue weighted by molar-refractivity contribution is 0.291. The molecule has 0 radical (unpaired) electrons. The third-order valence-corrected chi connectivity index (χ3v) is 3.68. The molecule has 6 heteroatoms. The highest BCUT2D eigenvalue weighted by atomic mass is 19.5. The first-order chi connectivity index (χ1) is 8.45. The molecule has 108 valence electrons. The van der Waals surface area contributed by atoms with Gasteiger partial charge in [-0.1, -0.05) is 38.5 Å². The maximum atomic E-state index is 9.75. The van der Waals surface area contributed by atoms with Gasteiger partial charge >= 0.3 is 7.25 Å². The van der Waals surface area contributed by atoms with Gasteiger partial charge in [0, 0.05) is 12.1 Å². The molecule has 0 aromatic rings. The van der Waals surface area contributed by atoms with Crippen molar-refractivity contribution in [1.29, 1.82) is 0 Å². The van der Waals surface area contributed by atoms with Crippen molar-refractivity contribution in [2.75, 3.05) is 0 Å². The predicted octanol–water partition coefficient (Wildman–Crippen LogP) is 4.54. The van der Waals surface area contributed by atoms with Gasteiger partial charge in [-0.25, -0.2) is 0 Å². The highest BCUT2D eigenvalue weighted by Gasteiger charge is 2.20. The highest BCUT2D eigenvalue weighted by Crippen LogP contribution is 2.22. The van der Waals surface area contributed by atoms with E-state index in [9.17, 15) is 17.3 Å². The minimum atomic E-state index is -6.00. The van der Waals surface area contributed by atoms with Crippen LogP contribution in [0.5, 0.6) is 0 Å². The largest absolute Gasteiger partial charge is 0.673 e. The normalized spacial score (nSPS) is 23.3. The zero-order valence-corrected chi connectivity index (χ0v) is 10.8. The Balaban J connectivity index is 0.000000280. The molecule has 2 fully saturated rings. The Hall–Kier alpha value is -0.255. The van der Waals surface area contributed by atoms with Crippen LogP contribution in [0.3, 0.4) is 0 Å². The number of halogens is 4. The van der Waals surface area contributed by atoms with Gasteiger partial charge in [-0.2, -0.15) is 0 Å². The quantitative estimate of drug-likeness (QED) is 0.572. The Morgan fingerprint density at radius 2 is 0.889 bits per heavy atom. The first-order valence-corrected chi connectivity index (χ1v) is 7.08. The lowest BCUT2D eigenvalue weighted by Crippen LogP contribution is -2.40. The van der Waals surface area contributed by atoms with Crippen LogP contribution in [0, 0.1) is 0 Å². The average Bonchev–Trinajstić information content (AvgIpc) is 2.29. The molecule has 0 unspecified atom stereocenters. The Labute approximate surface area is 107 Å². The number of rotatable bonds is 2. The minimum Gasteiger partial charge on any atom is -0.418 e. The van der Waals surface area contributed by atoms with Crippen LogP contribution in [-0.2, 0) is 0 Å². The summed E-state index contributed by atoms with van der Waals surface area (Å²) in [5, 5.41) is 3.86. The summed E-state index contributed by atoms with van der Waals surface area (Å²) >= 11 is 0. The summed E-state index contributed by atoms with van der Waals surface area (Å²) in [6.45, 7) is 0. The van der Waals surface area contributed by atoms with Crippen molar-refractivity contribution in [3.05, 3.63) is 0 Å². The molecule has 0 amide bonds. The van der Waals surface area contributed by atoms with Crippen LogP contribution in [0.25, 0.3) is 0 Å². The van der Waals surface area contributed by atoms with Crippen LogP contribution in [0.2, 0.25) is 0 Å². The van der Waals surface area contributed by atoms with Crippen LogP contribution in [0.15, 0.2) is 0 Å². The van der Waals surface area contributed by atoms with E-state index in [1.165, 1.54) is 64.2 Å². The number of hydrogen-bond donors (Lipinski definition) is 1. The zero-order valence-electron chi connectivity index (χ0n) is 10.8. The van der Waals surface area contributed by atoms with Crippen molar-refractivity contribution < 1.29 is 17.3 Å². The fourth-order valence-electron chi connectivity index (χ4n) is 2.87. The minimum absolute atomic E-state index is 0.872. The summed E-state index contributed by atoms with van der Waals surface area (Å²) in [6.07, 6.45) is 14.6. The monoisotopic (exact) mass is 268 g/mol. The van der Waals surface area contributed by atoms with E-state index in [2.05, 4.69) is 5.32 Å². The fraction of sp³-hybridized carbons (Fsp3) is 1.00. The van der Waals surface area contributed by atoms with Gasteiger partial charge in [-0.05, 0) is 25.7 Å². The van der Waals surface area contributed by atoms with Gasteiger partial charge in [-0.15, -0.1) is 0 Å². The van der Waals surface area contributed by atoms with E-state index in [1.54, 1.807) is 0 Å². The molecule has 1 N–H and O–H groups in total. The van der Waals surface area contributed by atoms with E-state index >= 15 is 0 Å². The predicted molar refractivity (Wildman–Crippen MR) is 67.1 cm³/mol. The Kier molecular flexibility index (Phi) is 7.04. The molecule has 0 saturated heterocycles. The molecule has 0 bridgehead atoms. The molecule has 0 heterocycles. The molecule has 18 heavy (non-hydrogen) atoms. The molecule has 0 aliphatic heterocycles. The molecule has 2 saturated carbocycles. The average molecular weight is 268 g/mol. The summed E-state index contributed by atoms with van der Waals surface area (Å²) in [4.78, 5) is 0. The first kappa shape index (κ1) is 15.8. The van der Waals surface area contributed by atoms with Crippen LogP contribution in [0.4, 0.5) is 17.3 Å². The molecule has 1 nitrogen and oxygen atoms in total. The lowest BCUT2D eigenvalue weighted by atomic mass is 9.91. The van der Waals surface area contributed by atoms with Gasteiger partial charge in [0.15, 0.2) is 0 Å². The van der Waals surface area contributed by atoms with Crippen molar-refractivity contribution in [2.45, 2.75) is 76.3 Å². The van der Waals surface area contributed by atoms with Crippen molar-refractivity contribution in [3.8, 4) is 0 Å². The van der Waals surface area contributed by atoms with Gasteiger partial charge < -0.3 is 22.6 Å². The van der Waals surface area contributed by atoms with Gasteiger partial charge in [-0.3, -0.25) is 0 Å². The van der Waals surface area contributed by atoms with Crippen LogP contribution < -0.4 is 5.32 Å². The number of hydrogen-bond acceptors (Lipinski definition) is 1. The van der Waals surface area contributed by atoms with Crippen molar-refractivity contribution in [1.82, 2.24) is 5.32 Å². The smallest absolute Gasteiger partial charge is 0.418 e. The van der Waals surface area contributed by atoms with E-state index in [0.29, 0.717) is 0 Å². The summed E-state index contributed by atoms with van der Waals surface area (Å²) in [6, 6.07) is 1.74. The second-order valence-corrected chi connectivity index (χ2v) is 5.33. The summed E-state index contributed by atoms with van der Waals surface area (Å²) < 4.78 is 39.0. The van der Waals surface area contributed by atoms with E-state index < -0.39 is 7.25 Å². The third-order valence-electron chi connectivity index (χ3n) is 3.68. The number of nitrogens with one attached hydrogen (secondary N) is 1. The second kappa shape index (κ2) is 8.02. The van der Waals surface area contributed by atoms with Crippen molar-refractivity contribution >= 4 is 7.25 Å². The standard InChI is InChI=1S/C12H23N.BF4/c1-3-7-11(8-4-1)13-12-9-5-2-6-10-12;2-1(3,4)5/h11-13H,1-10H2;/q;-1. The fourth-order valence-corrected chi connectivity index (χ4v) is 2.87. The van der Waals surface area contributed by atoms with Crippen LogP contribution in [0.1, 0.15) is 64.2 Å². The van der Waals surface area contributed by atoms with Gasteiger partial charge in [0.05, 0.1) is 0 Å². The van der Waals surface area contributed by atoms with Crippen molar-refractivity contribution in [2.24, 2.45) is 0 Å². The third kappa shape index (κ3) is 8.78. The Morgan fingerprint density at radius 3 is 1.17 bits per heavy atom. The van der Waals surface area contributed by atoms with Gasteiger partial charge in [0.1, 0.15) is 0 Å². The van der Waals surface area contributed by atoms with E-state index in [0.717, 1.165) is 12.1 Å². The SMILES string of the molecule is C1CCC(NC2CCCCC2)CC1.F[B-](F)(F)F. The Morgan fingerprint density at radius 1 is 0.611 bits per heavy atom. The van der Waals surface area contributed by atoms with E-state index in [1.807, 2.05) is 0 Å². The first-order valence-electron chi connectivity index (χ1n) is 7.08. The lowest BCUT2D eigenvalue weighted by Gasteiger charge is -2.30. The molecule has 0 atom stereocenters. The van der Waals surface area contributed by atoms with E-state index in [-0.39, 0.29) is 0 Å². The van der Waals surface area contributed by atoms with Crippen LogP contribution in [-0.4, -0.2) is 19.3 Å². The van der Waals surface area contributed by atoms with Crippen LogP contribution >= 0.6 is 0 Å². The molecular formula is C12H23BF4N-. The maximum absolute atomic E-state index is 9.75. The Bertz CT molecular complexity index is 189. The summed E-state index contributed by atoms with van der Waals surface area (Å²) in [7, 11) is -6.00. The van der Waals surface area contributed by atoms with Gasteiger partial charge in [0.25, 0.3) is 0 Å². The molecule has 0 aromatic heterocycles. The maximum Gasteiger partial charge on any atom is 0.673 e. The van der Waals surface area contributed by atoms with E-state index in [4.69, 9.17) is 0 Å². The zero-order chi connectivity index (χ0) is 13.4. The summed E-state index contributed by atoms with van der Waals surface area (Å²) in [5.74, 6) is 0. The van der Waals surface area contributed by atoms with Gasteiger partial charge in [0.2, 0.25) is 0 Å². The summed E-state index contributed by atoms with van der Waals surface area (Å²) in [5.41, 5.74) is 0. The molecule has 2 aliphatic rings. The second-order valence-electron chi connectivity index (χ2n) is 5.33. The highest BCUT2D eigenvalue weighted by molar-refractivity contribution is 6.50. The topological polar surface area (TPSA) is 12.0 Å².